The Labute approximate surface area is 127 Å². The van der Waals surface area contributed by atoms with Gasteiger partial charge in [0.1, 0.15) is 0 Å². The van der Waals surface area contributed by atoms with Gasteiger partial charge < -0.3 is 0 Å². The maximum atomic E-state index is 12.5. The second-order valence-corrected chi connectivity index (χ2v) is 5.69. The smallest absolute Gasteiger partial charge is 0.267 e. The third kappa shape index (κ3) is 2.24. The third-order valence-corrected chi connectivity index (χ3v) is 4.01. The molecule has 21 heavy (non-hydrogen) atoms. The second kappa shape index (κ2) is 5.01. The van der Waals surface area contributed by atoms with Crippen LogP contribution in [0.25, 0.3) is 21.9 Å². The lowest BCUT2D eigenvalue weighted by Gasteiger charge is -2.13. The highest BCUT2D eigenvalue weighted by molar-refractivity contribution is 6.33. The van der Waals surface area contributed by atoms with Crippen molar-refractivity contribution < 1.29 is 0 Å². The highest BCUT2D eigenvalue weighted by atomic mass is 35.5. The fourth-order valence-electron chi connectivity index (χ4n) is 2.62. The lowest BCUT2D eigenvalue weighted by molar-refractivity contribution is 0.710. The first-order valence-corrected chi connectivity index (χ1v) is 7.09. The highest BCUT2D eigenvalue weighted by Gasteiger charge is 2.16. The van der Waals surface area contributed by atoms with Gasteiger partial charge in [0.05, 0.1) is 16.8 Å². The molecule has 3 nitrogen and oxygen atoms in total. The van der Waals surface area contributed by atoms with Gasteiger partial charge in [0, 0.05) is 7.05 Å². The van der Waals surface area contributed by atoms with Gasteiger partial charge in [0.25, 0.3) is 5.56 Å². The van der Waals surface area contributed by atoms with E-state index in [9.17, 15) is 4.79 Å². The van der Waals surface area contributed by atoms with Crippen molar-refractivity contribution in [2.75, 3.05) is 0 Å². The molecule has 0 bridgehead atoms. The van der Waals surface area contributed by atoms with Crippen LogP contribution >= 0.6 is 11.6 Å². The summed E-state index contributed by atoms with van der Waals surface area (Å²) < 4.78 is 1.31. The van der Waals surface area contributed by atoms with E-state index in [2.05, 4.69) is 29.4 Å². The first-order chi connectivity index (χ1) is 9.99. The monoisotopic (exact) mass is 298 g/mol. The maximum Gasteiger partial charge on any atom is 0.275 e. The number of benzene rings is 2. The Morgan fingerprint density at radius 3 is 2.57 bits per heavy atom. The van der Waals surface area contributed by atoms with Gasteiger partial charge in [-0.1, -0.05) is 47.5 Å². The van der Waals surface area contributed by atoms with Crippen LogP contribution < -0.4 is 5.56 Å². The summed E-state index contributed by atoms with van der Waals surface area (Å²) in [5, 5.41) is 6.48. The first-order valence-electron chi connectivity index (χ1n) is 6.71. The summed E-state index contributed by atoms with van der Waals surface area (Å²) in [7, 11) is 1.63. The van der Waals surface area contributed by atoms with E-state index in [1.807, 2.05) is 19.9 Å². The van der Waals surface area contributed by atoms with Crippen LogP contribution in [-0.4, -0.2) is 9.78 Å². The summed E-state index contributed by atoms with van der Waals surface area (Å²) in [6.07, 6.45) is 1.52. The molecule has 0 aliphatic heterocycles. The van der Waals surface area contributed by atoms with Gasteiger partial charge >= 0.3 is 0 Å². The molecule has 0 saturated carbocycles. The van der Waals surface area contributed by atoms with Gasteiger partial charge in [-0.3, -0.25) is 4.79 Å². The van der Waals surface area contributed by atoms with Gasteiger partial charge in [-0.25, -0.2) is 4.68 Å². The molecule has 0 aliphatic carbocycles. The van der Waals surface area contributed by atoms with E-state index in [1.165, 1.54) is 10.9 Å². The number of aromatic nitrogens is 2. The quantitative estimate of drug-likeness (QED) is 0.683. The number of fused-ring (bicyclic) bond motifs is 1. The summed E-state index contributed by atoms with van der Waals surface area (Å²) in [6, 6.07) is 10.3. The van der Waals surface area contributed by atoms with E-state index < -0.39 is 0 Å². The standard InChI is InChI=1S/C17H15ClN2O/c1-10-4-6-12-7-5-11(2)15(13(12)8-10)16-14(18)9-19-20(3)17(16)21/h4-9H,1-3H3. The van der Waals surface area contributed by atoms with E-state index in [0.29, 0.717) is 10.6 Å². The van der Waals surface area contributed by atoms with Crippen LogP contribution in [0.2, 0.25) is 5.02 Å². The number of rotatable bonds is 1. The summed E-state index contributed by atoms with van der Waals surface area (Å²) >= 11 is 6.27. The normalized spacial score (nSPS) is 11.0. The van der Waals surface area contributed by atoms with Crippen LogP contribution in [0.15, 0.2) is 41.3 Å². The Kier molecular flexibility index (Phi) is 3.30. The Balaban J connectivity index is 2.51. The van der Waals surface area contributed by atoms with Crippen molar-refractivity contribution in [3.8, 4) is 11.1 Å². The minimum Gasteiger partial charge on any atom is -0.267 e. The number of nitrogens with zero attached hydrogens (tertiary/aromatic N) is 2. The van der Waals surface area contributed by atoms with E-state index >= 15 is 0 Å². The molecule has 0 unspecified atom stereocenters. The molecule has 0 spiro atoms. The minimum atomic E-state index is -0.181. The topological polar surface area (TPSA) is 34.9 Å². The molecule has 106 valence electrons. The van der Waals surface area contributed by atoms with Crippen LogP contribution in [0.4, 0.5) is 0 Å². The van der Waals surface area contributed by atoms with Gasteiger partial charge in [-0.05, 0) is 35.7 Å². The Bertz CT molecular complexity index is 907. The largest absolute Gasteiger partial charge is 0.275 e. The molecule has 0 aliphatic rings. The zero-order chi connectivity index (χ0) is 15.1. The SMILES string of the molecule is Cc1ccc2ccc(C)c(-c3c(Cl)cnn(C)c3=O)c2c1. The molecule has 3 rings (SSSR count). The number of halogens is 1. The van der Waals surface area contributed by atoms with E-state index in [1.54, 1.807) is 7.05 Å². The summed E-state index contributed by atoms with van der Waals surface area (Å²) in [5.41, 5.74) is 3.40. The molecule has 4 heteroatoms. The summed E-state index contributed by atoms with van der Waals surface area (Å²) in [6.45, 7) is 4.03. The molecule has 0 atom stereocenters. The first kappa shape index (κ1) is 13.8. The van der Waals surface area contributed by atoms with Crippen molar-refractivity contribution in [2.45, 2.75) is 13.8 Å². The predicted molar refractivity (Wildman–Crippen MR) is 86.9 cm³/mol. The summed E-state index contributed by atoms with van der Waals surface area (Å²) in [4.78, 5) is 12.5. The maximum absolute atomic E-state index is 12.5. The fourth-order valence-corrected chi connectivity index (χ4v) is 2.84. The average Bonchev–Trinajstić information content (AvgIpc) is 2.45. The van der Waals surface area contributed by atoms with Crippen LogP contribution in [0, 0.1) is 13.8 Å². The Hall–Kier alpha value is -2.13. The molecule has 1 heterocycles. The van der Waals surface area contributed by atoms with Crippen LogP contribution in [0.5, 0.6) is 0 Å². The molecule has 0 radical (unpaired) electrons. The Morgan fingerprint density at radius 2 is 1.81 bits per heavy atom. The molecule has 0 N–H and O–H groups in total. The second-order valence-electron chi connectivity index (χ2n) is 5.28. The minimum absolute atomic E-state index is 0.181. The van der Waals surface area contributed by atoms with E-state index in [-0.39, 0.29) is 5.56 Å². The van der Waals surface area contributed by atoms with Crippen molar-refractivity contribution in [2.24, 2.45) is 7.05 Å². The van der Waals surface area contributed by atoms with Gasteiger partial charge in [0.2, 0.25) is 0 Å². The number of hydrogen-bond acceptors (Lipinski definition) is 2. The zero-order valence-corrected chi connectivity index (χ0v) is 12.9. The van der Waals surface area contributed by atoms with Gasteiger partial charge in [0.15, 0.2) is 0 Å². The van der Waals surface area contributed by atoms with Crippen LogP contribution in [0.1, 0.15) is 11.1 Å². The van der Waals surface area contributed by atoms with Crippen LogP contribution in [0.3, 0.4) is 0 Å². The lowest BCUT2D eigenvalue weighted by atomic mass is 9.94. The molecule has 0 amide bonds. The molecule has 1 aromatic heterocycles. The van der Waals surface area contributed by atoms with Gasteiger partial charge in [-0.15, -0.1) is 0 Å². The molecule has 0 fully saturated rings. The molecule has 2 aromatic carbocycles. The molecule has 3 aromatic rings. The van der Waals surface area contributed by atoms with Gasteiger partial charge in [-0.2, -0.15) is 5.10 Å². The van der Waals surface area contributed by atoms with Crippen molar-refractivity contribution in [1.82, 2.24) is 9.78 Å². The van der Waals surface area contributed by atoms with Crippen molar-refractivity contribution in [1.29, 1.82) is 0 Å². The van der Waals surface area contributed by atoms with Crippen LogP contribution in [-0.2, 0) is 7.05 Å². The third-order valence-electron chi connectivity index (χ3n) is 3.73. The molecular weight excluding hydrogens is 284 g/mol. The number of aryl methyl sites for hydroxylation is 3. The van der Waals surface area contributed by atoms with Crippen molar-refractivity contribution in [3.05, 3.63) is 63.0 Å². The summed E-state index contributed by atoms with van der Waals surface area (Å²) in [5.74, 6) is 0. The predicted octanol–water partition coefficient (Wildman–Crippen LogP) is 3.87. The molecular formula is C17H15ClN2O. The fraction of sp³-hybridized carbons (Fsp3) is 0.176. The zero-order valence-electron chi connectivity index (χ0n) is 12.1. The number of hydrogen-bond donors (Lipinski definition) is 0. The lowest BCUT2D eigenvalue weighted by Crippen LogP contribution is -2.21. The van der Waals surface area contributed by atoms with Crippen molar-refractivity contribution >= 4 is 22.4 Å². The Morgan fingerprint density at radius 1 is 1.10 bits per heavy atom. The van der Waals surface area contributed by atoms with E-state index in [0.717, 1.165) is 27.5 Å². The van der Waals surface area contributed by atoms with E-state index in [4.69, 9.17) is 11.6 Å². The molecule has 0 saturated heterocycles. The highest BCUT2D eigenvalue weighted by Crippen LogP contribution is 2.34. The van der Waals surface area contributed by atoms with Crippen molar-refractivity contribution in [3.63, 3.8) is 0 Å². The average molecular weight is 299 g/mol.